The molecule has 0 aromatic heterocycles. The molecule has 0 aromatic rings. The van der Waals surface area contributed by atoms with Crippen LogP contribution in [0.25, 0.3) is 0 Å². The van der Waals surface area contributed by atoms with E-state index >= 15 is 0 Å². The highest BCUT2D eigenvalue weighted by Crippen LogP contribution is 2.29. The van der Waals surface area contributed by atoms with Gasteiger partial charge in [-0.2, -0.15) is 13.2 Å². The zero-order valence-electron chi connectivity index (χ0n) is 12.2. The lowest BCUT2D eigenvalue weighted by Gasteiger charge is -2.36. The Labute approximate surface area is 126 Å². The van der Waals surface area contributed by atoms with Gasteiger partial charge in [-0.25, -0.2) is 0 Å². The number of thioether (sulfide) groups is 1. The van der Waals surface area contributed by atoms with Gasteiger partial charge in [0.1, 0.15) is 0 Å². The molecule has 0 radical (unpaired) electrons. The summed E-state index contributed by atoms with van der Waals surface area (Å²) in [6.45, 7) is 6.69. The number of alkyl halides is 3. The Hall–Kier alpha value is -1.12. The number of hydrogen-bond donors (Lipinski definition) is 1. The maximum absolute atomic E-state index is 12.1. The lowest BCUT2D eigenvalue weighted by molar-refractivity contribution is -0.130. The average Bonchev–Trinajstić information content (AvgIpc) is 2.41. The van der Waals surface area contributed by atoms with Crippen molar-refractivity contribution < 1.29 is 18.0 Å². The summed E-state index contributed by atoms with van der Waals surface area (Å²) in [5, 5.41) is 3.08. The van der Waals surface area contributed by atoms with E-state index < -0.39 is 5.51 Å². The molecule has 1 N–H and O–H groups in total. The molecular formula is C12H21F3N4OS. The Morgan fingerprint density at radius 1 is 1.24 bits per heavy atom. The van der Waals surface area contributed by atoms with E-state index in [2.05, 4.69) is 10.3 Å². The van der Waals surface area contributed by atoms with Gasteiger partial charge in [0.2, 0.25) is 5.91 Å². The summed E-state index contributed by atoms with van der Waals surface area (Å²) in [5.74, 6) is 0.563. The number of carbonyl (C=O) groups excluding carboxylic acids is 1. The summed E-state index contributed by atoms with van der Waals surface area (Å²) in [6.07, 6.45) is 0. The highest BCUT2D eigenvalue weighted by Gasteiger charge is 2.27. The Bertz CT molecular complexity index is 368. The van der Waals surface area contributed by atoms with Crippen LogP contribution in [-0.4, -0.2) is 72.2 Å². The minimum atomic E-state index is -4.21. The molecule has 0 aromatic carbocycles. The van der Waals surface area contributed by atoms with Crippen molar-refractivity contribution in [3.63, 3.8) is 0 Å². The van der Waals surface area contributed by atoms with Crippen LogP contribution in [0.5, 0.6) is 0 Å². The number of halogens is 3. The first-order valence-corrected chi connectivity index (χ1v) is 7.81. The van der Waals surface area contributed by atoms with Crippen LogP contribution >= 0.6 is 11.8 Å². The number of hydrogen-bond acceptors (Lipinski definition) is 3. The van der Waals surface area contributed by atoms with Crippen LogP contribution in [-0.2, 0) is 4.79 Å². The molecule has 0 aliphatic carbocycles. The first kappa shape index (κ1) is 17.9. The molecular weight excluding hydrogens is 305 g/mol. The predicted molar refractivity (Wildman–Crippen MR) is 78.3 cm³/mol. The molecule has 0 unspecified atom stereocenters. The Morgan fingerprint density at radius 3 is 2.29 bits per heavy atom. The Balaban J connectivity index is 2.47. The number of aliphatic imine (C=N–C) groups is 1. The molecule has 0 spiro atoms. The molecule has 21 heavy (non-hydrogen) atoms. The van der Waals surface area contributed by atoms with Crippen LogP contribution in [0, 0.1) is 0 Å². The van der Waals surface area contributed by atoms with Gasteiger partial charge in [-0.3, -0.25) is 9.79 Å². The lowest BCUT2D eigenvalue weighted by Crippen LogP contribution is -2.53. The molecule has 1 fully saturated rings. The fraction of sp³-hybridized carbons (Fsp3) is 0.833. The van der Waals surface area contributed by atoms with Gasteiger partial charge in [0, 0.05) is 45.4 Å². The van der Waals surface area contributed by atoms with Crippen molar-refractivity contribution in [3.05, 3.63) is 0 Å². The molecule has 5 nitrogen and oxygen atoms in total. The second-order valence-corrected chi connectivity index (χ2v) is 5.68. The summed E-state index contributed by atoms with van der Waals surface area (Å²) in [6, 6.07) is 0. The van der Waals surface area contributed by atoms with Crippen molar-refractivity contribution in [2.45, 2.75) is 19.4 Å². The van der Waals surface area contributed by atoms with E-state index in [1.54, 1.807) is 4.90 Å². The summed E-state index contributed by atoms with van der Waals surface area (Å²) in [7, 11) is 0. The van der Waals surface area contributed by atoms with Crippen LogP contribution < -0.4 is 5.32 Å². The van der Waals surface area contributed by atoms with Crippen molar-refractivity contribution in [1.29, 1.82) is 0 Å². The van der Waals surface area contributed by atoms with E-state index in [0.29, 0.717) is 38.7 Å². The minimum Gasteiger partial charge on any atom is -0.357 e. The van der Waals surface area contributed by atoms with E-state index in [1.807, 2.05) is 11.8 Å². The zero-order valence-corrected chi connectivity index (χ0v) is 13.1. The van der Waals surface area contributed by atoms with E-state index in [4.69, 9.17) is 0 Å². The van der Waals surface area contributed by atoms with Crippen molar-refractivity contribution in [2.75, 3.05) is 45.0 Å². The number of guanidine groups is 1. The van der Waals surface area contributed by atoms with Crippen molar-refractivity contribution >= 4 is 23.6 Å². The summed E-state index contributed by atoms with van der Waals surface area (Å²) >= 11 is -0.0617. The monoisotopic (exact) mass is 326 g/mol. The van der Waals surface area contributed by atoms with E-state index in [0.717, 1.165) is 0 Å². The molecule has 1 heterocycles. The second-order valence-electron chi connectivity index (χ2n) is 4.52. The maximum Gasteiger partial charge on any atom is 0.441 e. The van der Waals surface area contributed by atoms with Crippen molar-refractivity contribution in [1.82, 2.24) is 15.1 Å². The quantitative estimate of drug-likeness (QED) is 0.482. The van der Waals surface area contributed by atoms with Crippen LogP contribution in [0.4, 0.5) is 13.2 Å². The van der Waals surface area contributed by atoms with E-state index in [1.165, 1.54) is 6.92 Å². The smallest absolute Gasteiger partial charge is 0.357 e. The topological polar surface area (TPSA) is 47.9 Å². The molecule has 0 atom stereocenters. The number of amides is 1. The summed E-state index contributed by atoms with van der Waals surface area (Å²) < 4.78 is 36.2. The number of nitrogens with one attached hydrogen (secondary N) is 1. The van der Waals surface area contributed by atoms with Crippen LogP contribution in [0.15, 0.2) is 4.99 Å². The van der Waals surface area contributed by atoms with Gasteiger partial charge in [0.15, 0.2) is 5.96 Å². The van der Waals surface area contributed by atoms with Gasteiger partial charge in [-0.1, -0.05) is 0 Å². The Morgan fingerprint density at radius 2 is 1.81 bits per heavy atom. The first-order valence-electron chi connectivity index (χ1n) is 6.83. The Kier molecular flexibility index (Phi) is 7.13. The molecule has 1 aliphatic heterocycles. The normalized spacial score (nSPS) is 17.1. The largest absolute Gasteiger partial charge is 0.441 e. The van der Waals surface area contributed by atoms with E-state index in [9.17, 15) is 18.0 Å². The third-order valence-corrected chi connectivity index (χ3v) is 3.69. The molecule has 0 bridgehead atoms. The molecule has 9 heteroatoms. The zero-order chi connectivity index (χ0) is 15.9. The minimum absolute atomic E-state index is 0.0400. The SMILES string of the molecule is CCNC(=NCCSC(F)(F)F)N1CCN(C(C)=O)CC1. The number of nitrogens with zero attached hydrogens (tertiary/aromatic N) is 3. The first-order chi connectivity index (χ1) is 9.83. The van der Waals surface area contributed by atoms with Crippen LogP contribution in [0.3, 0.4) is 0 Å². The molecule has 1 saturated heterocycles. The summed E-state index contributed by atoms with van der Waals surface area (Å²) in [5.41, 5.74) is -4.21. The highest BCUT2D eigenvalue weighted by molar-refractivity contribution is 8.00. The standard InChI is InChI=1S/C12H21F3N4OS/c1-3-16-11(17-4-9-21-12(13,14)15)19-7-5-18(6-8-19)10(2)20/h3-9H2,1-2H3,(H,16,17). The molecule has 1 rings (SSSR count). The fourth-order valence-electron chi connectivity index (χ4n) is 1.97. The van der Waals surface area contributed by atoms with Crippen LogP contribution in [0.1, 0.15) is 13.8 Å². The third-order valence-electron chi connectivity index (χ3n) is 2.98. The van der Waals surface area contributed by atoms with Crippen molar-refractivity contribution in [3.8, 4) is 0 Å². The van der Waals surface area contributed by atoms with Crippen molar-refractivity contribution in [2.24, 2.45) is 4.99 Å². The van der Waals surface area contributed by atoms with E-state index in [-0.39, 0.29) is 30.0 Å². The lowest BCUT2D eigenvalue weighted by atomic mass is 10.3. The third kappa shape index (κ3) is 6.92. The van der Waals surface area contributed by atoms with Gasteiger partial charge in [0.25, 0.3) is 0 Å². The predicted octanol–water partition coefficient (Wildman–Crippen LogP) is 1.37. The average molecular weight is 326 g/mol. The number of carbonyl (C=O) groups is 1. The summed E-state index contributed by atoms with van der Waals surface area (Å²) in [4.78, 5) is 19.2. The molecule has 0 saturated carbocycles. The van der Waals surface area contributed by atoms with Crippen LogP contribution in [0.2, 0.25) is 0 Å². The highest BCUT2D eigenvalue weighted by atomic mass is 32.2. The van der Waals surface area contributed by atoms with Gasteiger partial charge < -0.3 is 15.1 Å². The fourth-order valence-corrected chi connectivity index (χ4v) is 2.39. The van der Waals surface area contributed by atoms with Gasteiger partial charge in [-0.15, -0.1) is 0 Å². The number of rotatable bonds is 4. The van der Waals surface area contributed by atoms with Gasteiger partial charge in [0.05, 0.1) is 6.54 Å². The van der Waals surface area contributed by atoms with Gasteiger partial charge in [-0.05, 0) is 18.7 Å². The molecule has 1 amide bonds. The maximum atomic E-state index is 12.1. The second kappa shape index (κ2) is 8.35. The van der Waals surface area contributed by atoms with Gasteiger partial charge >= 0.3 is 5.51 Å². The molecule has 1 aliphatic rings. The number of piperazine rings is 1. The molecule has 122 valence electrons.